The van der Waals surface area contributed by atoms with E-state index >= 15 is 0 Å². The summed E-state index contributed by atoms with van der Waals surface area (Å²) in [5.41, 5.74) is 0.945. The molecule has 4 heteroatoms. The van der Waals surface area contributed by atoms with Crippen molar-refractivity contribution in [1.82, 2.24) is 0 Å². The van der Waals surface area contributed by atoms with Crippen molar-refractivity contribution in [3.05, 3.63) is 12.2 Å². The summed E-state index contributed by atoms with van der Waals surface area (Å²) in [5.74, 6) is 2.54. The van der Waals surface area contributed by atoms with Crippen LogP contribution in [-0.2, 0) is 14.3 Å². The van der Waals surface area contributed by atoms with Gasteiger partial charge < -0.3 is 4.74 Å². The van der Waals surface area contributed by atoms with Crippen molar-refractivity contribution in [2.75, 3.05) is 6.35 Å². The van der Waals surface area contributed by atoms with Crippen molar-refractivity contribution < 1.29 is 14.3 Å². The maximum Gasteiger partial charge on any atom is 0.158 e. The third-order valence-corrected chi connectivity index (χ3v) is 5.51. The molecule has 0 aromatic rings. The highest BCUT2D eigenvalue weighted by Crippen LogP contribution is 2.41. The van der Waals surface area contributed by atoms with E-state index in [0.29, 0.717) is 20.8 Å². The summed E-state index contributed by atoms with van der Waals surface area (Å²) in [7, 11) is 0.320. The predicted octanol–water partition coefficient (Wildman–Crippen LogP) is 5.58. The van der Waals surface area contributed by atoms with E-state index in [0.717, 1.165) is 23.8 Å². The van der Waals surface area contributed by atoms with Crippen LogP contribution in [0.25, 0.3) is 0 Å². The van der Waals surface area contributed by atoms with Gasteiger partial charge in [-0.05, 0) is 72.4 Å². The van der Waals surface area contributed by atoms with Crippen molar-refractivity contribution in [2.24, 2.45) is 17.8 Å². The number of ketones is 1. The molecule has 0 amide bonds. The molecule has 1 fully saturated rings. The highest BCUT2D eigenvalue weighted by molar-refractivity contribution is 7.57. The van der Waals surface area contributed by atoms with Crippen molar-refractivity contribution in [1.29, 1.82) is 0 Å². The Balaban J connectivity index is 0.000000506. The van der Waals surface area contributed by atoms with Crippen LogP contribution in [0.4, 0.5) is 0 Å². The van der Waals surface area contributed by atoms with Crippen molar-refractivity contribution >= 4 is 19.9 Å². The van der Waals surface area contributed by atoms with Gasteiger partial charge in [0.2, 0.25) is 0 Å². The lowest BCUT2D eigenvalue weighted by atomic mass is 9.88. The zero-order chi connectivity index (χ0) is 18.7. The molecule has 4 unspecified atom stereocenters. The van der Waals surface area contributed by atoms with Gasteiger partial charge >= 0.3 is 0 Å². The third-order valence-electron chi connectivity index (χ3n) is 4.70. The molecule has 24 heavy (non-hydrogen) atoms. The number of rotatable bonds is 9. The number of hydrogen-bond donors (Lipinski definition) is 0. The van der Waals surface area contributed by atoms with Crippen LogP contribution in [0, 0.1) is 17.8 Å². The fourth-order valence-corrected chi connectivity index (χ4v) is 3.76. The molecule has 0 saturated heterocycles. The summed E-state index contributed by atoms with van der Waals surface area (Å²) in [4.78, 5) is 22.0. The van der Waals surface area contributed by atoms with Crippen LogP contribution >= 0.6 is 8.58 Å². The molecule has 0 bridgehead atoms. The Labute approximate surface area is 150 Å². The Morgan fingerprint density at radius 2 is 1.71 bits per heavy atom. The predicted molar refractivity (Wildman–Crippen MR) is 105 cm³/mol. The summed E-state index contributed by atoms with van der Waals surface area (Å²) < 4.78 is 5.14. The number of carbonyl (C=O) groups excluding carboxylic acids is 2. The van der Waals surface area contributed by atoms with E-state index < -0.39 is 0 Å². The van der Waals surface area contributed by atoms with E-state index in [1.807, 2.05) is 20.8 Å². The first-order chi connectivity index (χ1) is 11.2. The first-order valence-corrected chi connectivity index (χ1v) is 10.5. The van der Waals surface area contributed by atoms with Gasteiger partial charge in [-0.3, -0.25) is 9.59 Å². The van der Waals surface area contributed by atoms with E-state index in [1.165, 1.54) is 25.7 Å². The number of hydrogen-bond acceptors (Lipinski definition) is 3. The Bertz CT molecular complexity index is 404. The van der Waals surface area contributed by atoms with E-state index in [-0.39, 0.29) is 17.4 Å². The normalized spacial score (nSPS) is 23.4. The topological polar surface area (TPSA) is 43.4 Å². The number of carbonyl (C=O) groups is 2. The second kappa shape index (κ2) is 12.8. The molecule has 1 saturated carbocycles. The zero-order valence-corrected chi connectivity index (χ0v) is 17.5. The lowest BCUT2D eigenvalue weighted by Gasteiger charge is -2.16. The standard InChI is InChI=1S/C14H24O.C6H13O2P/c1-5-11-7-12(6-2)13(8-11)9-14(15)10(3)4;1-5(2)8-4-9-6(3)7/h11-13H,3,5-9H2,1-2,4H3;5,9H,4H2,1-3H3. The van der Waals surface area contributed by atoms with Gasteiger partial charge in [0.05, 0.1) is 12.5 Å². The van der Waals surface area contributed by atoms with Crippen molar-refractivity contribution in [3.8, 4) is 0 Å². The maximum absolute atomic E-state index is 11.7. The van der Waals surface area contributed by atoms with Crippen LogP contribution in [0.15, 0.2) is 12.2 Å². The SMILES string of the molecule is C=C(C)C(=O)CC1CC(CC)CC1CC.CC(=O)PCOC(C)C. The molecule has 0 N–H and O–H groups in total. The number of ether oxygens (including phenoxy) is 1. The fourth-order valence-electron chi connectivity index (χ4n) is 3.14. The van der Waals surface area contributed by atoms with Gasteiger partial charge in [0.1, 0.15) is 0 Å². The van der Waals surface area contributed by atoms with Gasteiger partial charge in [0, 0.05) is 6.42 Å². The minimum atomic E-state index is 0.218. The molecular weight excluding hydrogens is 319 g/mol. The molecule has 0 radical (unpaired) electrons. The van der Waals surface area contributed by atoms with Gasteiger partial charge in [0.25, 0.3) is 0 Å². The van der Waals surface area contributed by atoms with Crippen LogP contribution < -0.4 is 0 Å². The molecule has 1 aliphatic carbocycles. The van der Waals surface area contributed by atoms with Gasteiger partial charge in [-0.2, -0.15) is 0 Å². The van der Waals surface area contributed by atoms with Crippen LogP contribution in [0.5, 0.6) is 0 Å². The third kappa shape index (κ3) is 10.4. The van der Waals surface area contributed by atoms with E-state index in [2.05, 4.69) is 20.4 Å². The summed E-state index contributed by atoms with van der Waals surface area (Å²) in [6, 6.07) is 0. The Morgan fingerprint density at radius 3 is 2.12 bits per heavy atom. The van der Waals surface area contributed by atoms with E-state index in [9.17, 15) is 9.59 Å². The van der Waals surface area contributed by atoms with Gasteiger partial charge in [-0.1, -0.05) is 33.3 Å². The first-order valence-electron chi connectivity index (χ1n) is 9.25. The van der Waals surface area contributed by atoms with Crippen LogP contribution in [0.2, 0.25) is 0 Å². The number of Topliss-reactive ketones (excluding diaryl/α,β-unsaturated/α-hetero) is 1. The van der Waals surface area contributed by atoms with Gasteiger partial charge in [-0.25, -0.2) is 0 Å². The molecule has 0 aliphatic heterocycles. The Hall–Kier alpha value is -0.530. The second-order valence-corrected chi connectivity index (χ2v) is 8.52. The maximum atomic E-state index is 11.7. The molecule has 0 heterocycles. The van der Waals surface area contributed by atoms with Crippen molar-refractivity contribution in [2.45, 2.75) is 79.8 Å². The highest BCUT2D eigenvalue weighted by Gasteiger charge is 2.33. The lowest BCUT2D eigenvalue weighted by Crippen LogP contribution is -2.12. The highest BCUT2D eigenvalue weighted by atomic mass is 31.1. The molecular formula is C20H37O3P. The molecule has 1 aliphatic rings. The second-order valence-electron chi connectivity index (χ2n) is 7.17. The smallest absolute Gasteiger partial charge is 0.158 e. The minimum absolute atomic E-state index is 0.218. The molecule has 0 aromatic heterocycles. The van der Waals surface area contributed by atoms with Crippen LogP contribution in [-0.4, -0.2) is 23.8 Å². The lowest BCUT2D eigenvalue weighted by molar-refractivity contribution is -0.116. The summed E-state index contributed by atoms with van der Waals surface area (Å²) >= 11 is 0. The van der Waals surface area contributed by atoms with E-state index in [1.54, 1.807) is 6.92 Å². The molecule has 3 nitrogen and oxygen atoms in total. The molecule has 1 rings (SSSR count). The summed E-state index contributed by atoms with van der Waals surface area (Å²) in [5, 5.41) is 0. The Kier molecular flexibility index (Phi) is 12.5. The molecule has 0 aromatic carbocycles. The quantitative estimate of drug-likeness (QED) is 0.400. The minimum Gasteiger partial charge on any atom is -0.374 e. The number of allylic oxidation sites excluding steroid dienone is 1. The molecule has 0 spiro atoms. The average Bonchev–Trinajstić information content (AvgIpc) is 2.89. The molecule has 140 valence electrons. The Morgan fingerprint density at radius 1 is 1.12 bits per heavy atom. The fraction of sp³-hybridized carbons (Fsp3) is 0.800. The van der Waals surface area contributed by atoms with Crippen molar-refractivity contribution in [3.63, 3.8) is 0 Å². The van der Waals surface area contributed by atoms with Crippen LogP contribution in [0.3, 0.4) is 0 Å². The van der Waals surface area contributed by atoms with Gasteiger partial charge in [0.15, 0.2) is 11.3 Å². The van der Waals surface area contributed by atoms with Crippen LogP contribution in [0.1, 0.15) is 73.6 Å². The summed E-state index contributed by atoms with van der Waals surface area (Å²) in [6.45, 7) is 15.6. The average molecular weight is 356 g/mol. The largest absolute Gasteiger partial charge is 0.374 e. The monoisotopic (exact) mass is 356 g/mol. The van der Waals surface area contributed by atoms with Gasteiger partial charge in [-0.15, -0.1) is 0 Å². The zero-order valence-electron chi connectivity index (χ0n) is 16.5. The summed E-state index contributed by atoms with van der Waals surface area (Å²) in [6.07, 6.45) is 6.67. The van der Waals surface area contributed by atoms with E-state index in [4.69, 9.17) is 4.74 Å². The molecule has 4 atom stereocenters. The first kappa shape index (κ1) is 23.5.